The zero-order chi connectivity index (χ0) is 24.6. The lowest BCUT2D eigenvalue weighted by atomic mass is 10.2. The Balaban J connectivity index is 1.39. The predicted octanol–water partition coefficient (Wildman–Crippen LogP) is 4.23. The van der Waals surface area contributed by atoms with Crippen LogP contribution in [0.4, 0.5) is 5.82 Å². The average molecular weight is 512 g/mol. The van der Waals surface area contributed by atoms with Gasteiger partial charge in [-0.3, -0.25) is 4.79 Å². The average Bonchev–Trinajstić information content (AvgIpc) is 3.59. The molecule has 0 aliphatic carbocycles. The zero-order valence-electron chi connectivity index (χ0n) is 19.4. The highest BCUT2D eigenvalue weighted by Crippen LogP contribution is 2.33. The third-order valence-electron chi connectivity index (χ3n) is 5.74. The molecule has 182 valence electrons. The van der Waals surface area contributed by atoms with Crippen molar-refractivity contribution in [1.82, 2.24) is 19.1 Å². The molecule has 0 saturated carbocycles. The first-order valence-corrected chi connectivity index (χ1v) is 13.6. The van der Waals surface area contributed by atoms with Crippen molar-refractivity contribution in [3.05, 3.63) is 59.8 Å². The maximum absolute atomic E-state index is 13.0. The molecule has 3 heterocycles. The van der Waals surface area contributed by atoms with Gasteiger partial charge >= 0.3 is 0 Å². The summed E-state index contributed by atoms with van der Waals surface area (Å²) >= 11 is 1.44. The Morgan fingerprint density at radius 2 is 1.89 bits per heavy atom. The minimum Gasteiger partial charge on any atom is -0.492 e. The Kier molecular flexibility index (Phi) is 6.30. The second-order valence-electron chi connectivity index (χ2n) is 8.20. The summed E-state index contributed by atoms with van der Waals surface area (Å²) in [5, 5.41) is 7.99. The van der Waals surface area contributed by atoms with E-state index in [1.165, 1.54) is 39.9 Å². The number of ether oxygens (including phenoxy) is 1. The molecule has 1 aliphatic heterocycles. The van der Waals surface area contributed by atoms with Crippen LogP contribution in [0, 0.1) is 6.92 Å². The second-order valence-corrected chi connectivity index (χ2v) is 11.2. The number of rotatable bonds is 7. The molecule has 0 unspecified atom stereocenters. The molecule has 0 atom stereocenters. The molecule has 2 aromatic heterocycles. The summed E-state index contributed by atoms with van der Waals surface area (Å²) in [7, 11) is -3.53. The standard InChI is InChI=1S/C24H25N5O4S2/c1-3-33-19-7-6-8-20-22(19)26-24(34-20)29-21(15-16(2)27-29)25-23(30)17-9-11-18(12-10-17)35(31,32)28-13-4-5-14-28/h6-12,15H,3-5,13-14H2,1-2H3,(H,25,30). The van der Waals surface area contributed by atoms with E-state index >= 15 is 0 Å². The molecule has 2 aromatic carbocycles. The van der Waals surface area contributed by atoms with Gasteiger partial charge in [-0.05, 0) is 63.1 Å². The number of hydrogen-bond acceptors (Lipinski definition) is 7. The molecule has 1 aliphatic rings. The van der Waals surface area contributed by atoms with E-state index in [9.17, 15) is 13.2 Å². The van der Waals surface area contributed by atoms with Crippen molar-refractivity contribution >= 4 is 43.3 Å². The van der Waals surface area contributed by atoms with E-state index in [4.69, 9.17) is 9.72 Å². The summed E-state index contributed by atoms with van der Waals surface area (Å²) in [5.41, 5.74) is 1.81. The fourth-order valence-corrected chi connectivity index (χ4v) is 6.52. The van der Waals surface area contributed by atoms with Crippen LogP contribution in [-0.2, 0) is 10.0 Å². The van der Waals surface area contributed by atoms with Gasteiger partial charge in [0.05, 0.1) is 21.9 Å². The smallest absolute Gasteiger partial charge is 0.256 e. The van der Waals surface area contributed by atoms with Gasteiger partial charge in [0.1, 0.15) is 17.1 Å². The van der Waals surface area contributed by atoms with Crippen molar-refractivity contribution in [2.24, 2.45) is 0 Å². The maximum Gasteiger partial charge on any atom is 0.256 e. The number of hydrogen-bond donors (Lipinski definition) is 1. The number of carbonyl (C=O) groups excluding carboxylic acids is 1. The first-order chi connectivity index (χ1) is 16.9. The molecule has 1 N–H and O–H groups in total. The molecule has 9 nitrogen and oxygen atoms in total. The Hall–Kier alpha value is -3.28. The lowest BCUT2D eigenvalue weighted by molar-refractivity contribution is 0.102. The van der Waals surface area contributed by atoms with Crippen molar-refractivity contribution in [2.45, 2.75) is 31.6 Å². The van der Waals surface area contributed by atoms with E-state index in [-0.39, 0.29) is 10.8 Å². The van der Waals surface area contributed by atoms with E-state index in [0.29, 0.717) is 42.0 Å². The Bertz CT molecular complexity index is 1490. The highest BCUT2D eigenvalue weighted by atomic mass is 32.2. The topological polar surface area (TPSA) is 106 Å². The normalized spacial score (nSPS) is 14.5. The van der Waals surface area contributed by atoms with Gasteiger partial charge in [-0.15, -0.1) is 0 Å². The van der Waals surface area contributed by atoms with Gasteiger partial charge in [0.25, 0.3) is 5.91 Å². The summed E-state index contributed by atoms with van der Waals surface area (Å²) in [6.07, 6.45) is 1.74. The van der Waals surface area contributed by atoms with E-state index in [1.54, 1.807) is 10.7 Å². The predicted molar refractivity (Wildman–Crippen MR) is 135 cm³/mol. The first kappa shape index (κ1) is 23.5. The van der Waals surface area contributed by atoms with Gasteiger partial charge in [-0.1, -0.05) is 17.4 Å². The van der Waals surface area contributed by atoms with Crippen molar-refractivity contribution in [3.8, 4) is 10.9 Å². The molecule has 5 rings (SSSR count). The number of sulfonamides is 1. The van der Waals surface area contributed by atoms with Crippen LogP contribution in [0.15, 0.2) is 53.4 Å². The number of nitrogens with one attached hydrogen (secondary N) is 1. The third-order valence-corrected chi connectivity index (χ3v) is 8.65. The monoisotopic (exact) mass is 511 g/mol. The number of thiazole rings is 1. The SMILES string of the molecule is CCOc1cccc2sc(-n3nc(C)cc3NC(=O)c3ccc(S(=O)(=O)N4CCCC4)cc3)nc12. The van der Waals surface area contributed by atoms with Gasteiger partial charge in [-0.25, -0.2) is 13.4 Å². The molecule has 0 spiro atoms. The Morgan fingerprint density at radius 1 is 1.14 bits per heavy atom. The molecule has 11 heteroatoms. The van der Waals surface area contributed by atoms with Crippen LogP contribution >= 0.6 is 11.3 Å². The number of nitrogens with zero attached hydrogens (tertiary/aromatic N) is 4. The number of para-hydroxylation sites is 1. The molecular weight excluding hydrogens is 486 g/mol. The molecule has 0 bridgehead atoms. The lowest BCUT2D eigenvalue weighted by Gasteiger charge is -2.15. The minimum atomic E-state index is -3.53. The number of carbonyl (C=O) groups is 1. The van der Waals surface area contributed by atoms with Gasteiger partial charge in [0.2, 0.25) is 15.2 Å². The quantitative estimate of drug-likeness (QED) is 0.398. The zero-order valence-corrected chi connectivity index (χ0v) is 21.0. The number of fused-ring (bicyclic) bond motifs is 1. The molecule has 0 radical (unpaired) electrons. The highest BCUT2D eigenvalue weighted by Gasteiger charge is 2.27. The van der Waals surface area contributed by atoms with Crippen molar-refractivity contribution < 1.29 is 17.9 Å². The number of benzene rings is 2. The molecular formula is C24H25N5O4S2. The Labute approximate surface area is 207 Å². The highest BCUT2D eigenvalue weighted by molar-refractivity contribution is 7.89. The largest absolute Gasteiger partial charge is 0.492 e. The number of amides is 1. The first-order valence-electron chi connectivity index (χ1n) is 11.4. The summed E-state index contributed by atoms with van der Waals surface area (Å²) in [5.74, 6) is 0.802. The summed E-state index contributed by atoms with van der Waals surface area (Å²) in [6.45, 7) is 5.36. The fourth-order valence-electron chi connectivity index (χ4n) is 4.05. The van der Waals surface area contributed by atoms with Crippen LogP contribution in [-0.4, -0.2) is 53.1 Å². The van der Waals surface area contributed by atoms with Gasteiger partial charge in [0.15, 0.2) is 0 Å². The lowest BCUT2D eigenvalue weighted by Crippen LogP contribution is -2.27. The van der Waals surface area contributed by atoms with Crippen LogP contribution in [0.3, 0.4) is 0 Å². The third kappa shape index (κ3) is 4.54. The van der Waals surface area contributed by atoms with Gasteiger partial charge < -0.3 is 10.1 Å². The molecule has 1 fully saturated rings. The van der Waals surface area contributed by atoms with Crippen molar-refractivity contribution in [1.29, 1.82) is 0 Å². The molecule has 4 aromatic rings. The van der Waals surface area contributed by atoms with Crippen molar-refractivity contribution in [3.63, 3.8) is 0 Å². The van der Waals surface area contributed by atoms with Gasteiger partial charge in [-0.2, -0.15) is 14.1 Å². The van der Waals surface area contributed by atoms with Crippen LogP contribution in [0.5, 0.6) is 5.75 Å². The number of aryl methyl sites for hydroxylation is 1. The van der Waals surface area contributed by atoms with Gasteiger partial charge in [0, 0.05) is 24.7 Å². The van der Waals surface area contributed by atoms with Crippen molar-refractivity contribution in [2.75, 3.05) is 25.0 Å². The Morgan fingerprint density at radius 3 is 2.60 bits per heavy atom. The molecule has 1 amide bonds. The summed E-state index contributed by atoms with van der Waals surface area (Å²) < 4.78 is 35.2. The molecule has 1 saturated heterocycles. The second kappa shape index (κ2) is 9.40. The van der Waals surface area contributed by atoms with E-state index in [2.05, 4.69) is 10.4 Å². The van der Waals surface area contributed by atoms with E-state index < -0.39 is 10.0 Å². The number of anilines is 1. The van der Waals surface area contributed by atoms with Crippen LogP contribution in [0.25, 0.3) is 15.3 Å². The van der Waals surface area contributed by atoms with Crippen LogP contribution < -0.4 is 10.1 Å². The maximum atomic E-state index is 13.0. The minimum absolute atomic E-state index is 0.191. The van der Waals surface area contributed by atoms with E-state index in [0.717, 1.165) is 28.8 Å². The van der Waals surface area contributed by atoms with E-state index in [1.807, 2.05) is 32.0 Å². The summed E-state index contributed by atoms with van der Waals surface area (Å²) in [6, 6.07) is 13.5. The van der Waals surface area contributed by atoms with Crippen LogP contribution in [0.1, 0.15) is 35.8 Å². The molecule has 35 heavy (non-hydrogen) atoms. The summed E-state index contributed by atoms with van der Waals surface area (Å²) in [4.78, 5) is 17.9. The number of aromatic nitrogens is 3. The fraction of sp³-hybridized carbons (Fsp3) is 0.292. The van der Waals surface area contributed by atoms with Crippen LogP contribution in [0.2, 0.25) is 0 Å².